The van der Waals surface area contributed by atoms with Crippen LogP contribution in [0.2, 0.25) is 0 Å². The summed E-state index contributed by atoms with van der Waals surface area (Å²) in [5.41, 5.74) is 1.14. The number of ether oxygens (including phenoxy) is 1. The predicted molar refractivity (Wildman–Crippen MR) is 148 cm³/mol. The summed E-state index contributed by atoms with van der Waals surface area (Å²) in [5, 5.41) is 2.88. The first kappa shape index (κ1) is 28.7. The zero-order valence-corrected chi connectivity index (χ0v) is 22.9. The fourth-order valence-corrected chi connectivity index (χ4v) is 5.33. The minimum atomic E-state index is -4.09. The molecule has 0 unspecified atom stereocenters. The minimum Gasteiger partial charge on any atom is -0.497 e. The monoisotopic (exact) mass is 537 g/mol. The second-order valence-electron chi connectivity index (χ2n) is 8.85. The Bertz CT molecular complexity index is 1280. The quantitative estimate of drug-likeness (QED) is 0.329. The summed E-state index contributed by atoms with van der Waals surface area (Å²) < 4.78 is 33.7. The number of unbranched alkanes of at least 4 members (excludes halogenated alkanes) is 1. The lowest BCUT2D eigenvalue weighted by Gasteiger charge is -2.32. The van der Waals surface area contributed by atoms with Crippen molar-refractivity contribution in [3.63, 3.8) is 0 Å². The number of carbonyl (C=O) groups excluding carboxylic acids is 2. The maximum atomic E-state index is 13.8. The molecule has 3 aromatic rings. The van der Waals surface area contributed by atoms with E-state index in [9.17, 15) is 18.0 Å². The van der Waals surface area contributed by atoms with Gasteiger partial charge >= 0.3 is 0 Å². The predicted octanol–water partition coefficient (Wildman–Crippen LogP) is 4.22. The van der Waals surface area contributed by atoms with Crippen LogP contribution in [0, 0.1) is 0 Å². The van der Waals surface area contributed by atoms with Crippen molar-refractivity contribution in [1.82, 2.24) is 10.2 Å². The summed E-state index contributed by atoms with van der Waals surface area (Å²) in [4.78, 5) is 28.3. The van der Waals surface area contributed by atoms with Gasteiger partial charge in [-0.25, -0.2) is 8.42 Å². The van der Waals surface area contributed by atoms with Crippen LogP contribution in [0.15, 0.2) is 89.8 Å². The van der Waals surface area contributed by atoms with Gasteiger partial charge in [-0.1, -0.05) is 61.9 Å². The Morgan fingerprint density at radius 1 is 0.921 bits per heavy atom. The molecule has 3 rings (SSSR count). The van der Waals surface area contributed by atoms with E-state index in [4.69, 9.17) is 4.74 Å². The largest absolute Gasteiger partial charge is 0.497 e. The molecule has 0 aliphatic rings. The van der Waals surface area contributed by atoms with Crippen LogP contribution in [0.5, 0.6) is 5.75 Å². The molecule has 3 aromatic carbocycles. The summed E-state index contributed by atoms with van der Waals surface area (Å²) >= 11 is 0. The standard InChI is InChI=1S/C29H35N3O5S/c1-4-5-20-30-29(34)23(2)31(21-24-12-8-6-9-13-24)28(33)22-32(25-16-18-26(37-3)19-17-25)38(35,36)27-14-10-7-11-15-27/h6-19,23H,4-5,20-22H2,1-3H3,(H,30,34)/t23-/m1/s1. The molecule has 0 saturated carbocycles. The van der Waals surface area contributed by atoms with E-state index >= 15 is 0 Å². The number of methoxy groups -OCH3 is 1. The molecule has 38 heavy (non-hydrogen) atoms. The second-order valence-corrected chi connectivity index (χ2v) is 10.7. The molecule has 0 radical (unpaired) electrons. The van der Waals surface area contributed by atoms with E-state index in [1.165, 1.54) is 24.1 Å². The maximum absolute atomic E-state index is 13.8. The Morgan fingerprint density at radius 2 is 1.53 bits per heavy atom. The van der Waals surface area contributed by atoms with Crippen molar-refractivity contribution in [1.29, 1.82) is 0 Å². The van der Waals surface area contributed by atoms with Crippen molar-refractivity contribution in [2.24, 2.45) is 0 Å². The van der Waals surface area contributed by atoms with Crippen LogP contribution in [0.25, 0.3) is 0 Å². The summed E-state index contributed by atoms with van der Waals surface area (Å²) in [6.45, 7) is 3.87. The van der Waals surface area contributed by atoms with Crippen LogP contribution >= 0.6 is 0 Å². The normalized spacial score (nSPS) is 11.9. The maximum Gasteiger partial charge on any atom is 0.264 e. The molecule has 1 atom stereocenters. The minimum absolute atomic E-state index is 0.0589. The van der Waals surface area contributed by atoms with Gasteiger partial charge in [-0.3, -0.25) is 13.9 Å². The molecular weight excluding hydrogens is 502 g/mol. The summed E-state index contributed by atoms with van der Waals surface area (Å²) in [7, 11) is -2.57. The average molecular weight is 538 g/mol. The van der Waals surface area contributed by atoms with Crippen molar-refractivity contribution >= 4 is 27.5 Å². The number of rotatable bonds is 13. The van der Waals surface area contributed by atoms with E-state index in [-0.39, 0.29) is 17.3 Å². The molecule has 0 bridgehead atoms. The molecule has 8 nitrogen and oxygen atoms in total. The molecule has 0 saturated heterocycles. The van der Waals surface area contributed by atoms with E-state index in [1.54, 1.807) is 49.4 Å². The van der Waals surface area contributed by atoms with Gasteiger partial charge in [0.05, 0.1) is 17.7 Å². The third kappa shape index (κ3) is 7.35. The topological polar surface area (TPSA) is 96.0 Å². The lowest BCUT2D eigenvalue weighted by molar-refractivity contribution is -0.139. The summed E-state index contributed by atoms with van der Waals surface area (Å²) in [5.74, 6) is -0.229. The number of nitrogens with zero attached hydrogens (tertiary/aromatic N) is 2. The van der Waals surface area contributed by atoms with Gasteiger partial charge in [0.15, 0.2) is 0 Å². The van der Waals surface area contributed by atoms with Crippen LogP contribution in [-0.2, 0) is 26.2 Å². The van der Waals surface area contributed by atoms with Crippen molar-refractivity contribution < 1.29 is 22.7 Å². The number of hydrogen-bond acceptors (Lipinski definition) is 5. The molecule has 202 valence electrons. The molecule has 0 fully saturated rings. The first-order chi connectivity index (χ1) is 18.3. The van der Waals surface area contributed by atoms with E-state index < -0.39 is 28.5 Å². The number of hydrogen-bond donors (Lipinski definition) is 1. The second kappa shape index (κ2) is 13.6. The SMILES string of the molecule is CCCCNC(=O)[C@@H](C)N(Cc1ccccc1)C(=O)CN(c1ccc(OC)cc1)S(=O)(=O)c1ccccc1. The van der Waals surface area contributed by atoms with Crippen LogP contribution < -0.4 is 14.4 Å². The molecule has 0 spiro atoms. The highest BCUT2D eigenvalue weighted by Crippen LogP contribution is 2.26. The summed E-state index contributed by atoms with van der Waals surface area (Å²) in [6.07, 6.45) is 1.75. The smallest absolute Gasteiger partial charge is 0.264 e. The van der Waals surface area contributed by atoms with Crippen molar-refractivity contribution in [2.75, 3.05) is 24.5 Å². The Labute approximate surface area is 225 Å². The van der Waals surface area contributed by atoms with Gasteiger partial charge in [0, 0.05) is 13.1 Å². The zero-order valence-electron chi connectivity index (χ0n) is 22.0. The van der Waals surface area contributed by atoms with Crippen LogP contribution in [-0.4, -0.2) is 51.4 Å². The number of carbonyl (C=O) groups is 2. The molecule has 0 aromatic heterocycles. The van der Waals surface area contributed by atoms with Crippen molar-refractivity contribution in [2.45, 2.75) is 44.2 Å². The molecule has 0 heterocycles. The third-order valence-electron chi connectivity index (χ3n) is 6.16. The lowest BCUT2D eigenvalue weighted by Crippen LogP contribution is -2.51. The Morgan fingerprint density at radius 3 is 2.11 bits per heavy atom. The Balaban J connectivity index is 1.97. The highest BCUT2D eigenvalue weighted by molar-refractivity contribution is 7.92. The number of nitrogens with one attached hydrogen (secondary N) is 1. The van der Waals surface area contributed by atoms with Crippen LogP contribution in [0.4, 0.5) is 5.69 Å². The molecule has 1 N–H and O–H groups in total. The average Bonchev–Trinajstić information content (AvgIpc) is 2.95. The number of anilines is 1. The van der Waals surface area contributed by atoms with Gasteiger partial charge in [-0.2, -0.15) is 0 Å². The van der Waals surface area contributed by atoms with E-state index in [2.05, 4.69) is 5.32 Å². The first-order valence-electron chi connectivity index (χ1n) is 12.6. The first-order valence-corrected chi connectivity index (χ1v) is 14.0. The van der Waals surface area contributed by atoms with Gasteiger partial charge in [0.1, 0.15) is 18.3 Å². The Kier molecular flexibility index (Phi) is 10.3. The van der Waals surface area contributed by atoms with Gasteiger partial charge in [-0.05, 0) is 55.3 Å². The zero-order chi connectivity index (χ0) is 27.5. The molecule has 9 heteroatoms. The van der Waals surface area contributed by atoms with Gasteiger partial charge in [-0.15, -0.1) is 0 Å². The van der Waals surface area contributed by atoms with E-state index in [0.29, 0.717) is 18.0 Å². The van der Waals surface area contributed by atoms with Crippen molar-refractivity contribution in [3.8, 4) is 5.75 Å². The number of sulfonamides is 1. The van der Waals surface area contributed by atoms with E-state index in [1.807, 2.05) is 37.3 Å². The fraction of sp³-hybridized carbons (Fsp3) is 0.310. The van der Waals surface area contributed by atoms with Crippen molar-refractivity contribution in [3.05, 3.63) is 90.5 Å². The van der Waals surface area contributed by atoms with Gasteiger partial charge in [0.2, 0.25) is 11.8 Å². The highest BCUT2D eigenvalue weighted by Gasteiger charge is 2.32. The van der Waals surface area contributed by atoms with Crippen LogP contribution in [0.1, 0.15) is 32.3 Å². The summed E-state index contributed by atoms with van der Waals surface area (Å²) in [6, 6.07) is 22.9. The molecule has 2 amide bonds. The Hall–Kier alpha value is -3.85. The highest BCUT2D eigenvalue weighted by atomic mass is 32.2. The van der Waals surface area contributed by atoms with E-state index in [0.717, 1.165) is 22.7 Å². The van der Waals surface area contributed by atoms with Gasteiger partial charge < -0.3 is 15.0 Å². The number of amides is 2. The lowest BCUT2D eigenvalue weighted by atomic mass is 10.1. The molecule has 0 aliphatic heterocycles. The molecular formula is C29H35N3O5S. The fourth-order valence-electron chi connectivity index (χ4n) is 3.90. The van der Waals surface area contributed by atoms with Gasteiger partial charge in [0.25, 0.3) is 10.0 Å². The molecule has 0 aliphatic carbocycles. The number of benzene rings is 3. The van der Waals surface area contributed by atoms with Crippen LogP contribution in [0.3, 0.4) is 0 Å². The third-order valence-corrected chi connectivity index (χ3v) is 7.95.